The van der Waals surface area contributed by atoms with Crippen LogP contribution in [0.2, 0.25) is 5.02 Å². The third-order valence-corrected chi connectivity index (χ3v) is 4.73. The van der Waals surface area contributed by atoms with Crippen molar-refractivity contribution in [2.45, 2.75) is 25.1 Å². The molecule has 0 fully saturated rings. The van der Waals surface area contributed by atoms with Crippen LogP contribution >= 0.6 is 11.6 Å². The van der Waals surface area contributed by atoms with E-state index in [1.807, 2.05) is 0 Å². The molecule has 1 N–H and O–H groups in total. The number of rotatable bonds is 6. The largest absolute Gasteiger partial charge is 0.497 e. The molecule has 1 unspecified atom stereocenters. The van der Waals surface area contributed by atoms with E-state index in [1.165, 1.54) is 19.2 Å². The molecule has 1 aliphatic heterocycles. The van der Waals surface area contributed by atoms with Gasteiger partial charge < -0.3 is 19.3 Å². The van der Waals surface area contributed by atoms with Crippen LogP contribution < -0.4 is 14.2 Å². The highest BCUT2D eigenvalue weighted by molar-refractivity contribution is 6.33. The maximum absolute atomic E-state index is 13.1. The fourth-order valence-corrected chi connectivity index (χ4v) is 3.25. The van der Waals surface area contributed by atoms with Crippen LogP contribution in [0, 0.1) is 0 Å². The van der Waals surface area contributed by atoms with Crippen LogP contribution in [0.15, 0.2) is 30.3 Å². The number of halogens is 4. The molecule has 0 saturated heterocycles. The van der Waals surface area contributed by atoms with Gasteiger partial charge >= 0.3 is 12.1 Å². The van der Waals surface area contributed by atoms with Crippen molar-refractivity contribution in [3.8, 4) is 17.2 Å². The van der Waals surface area contributed by atoms with Crippen LogP contribution in [0.1, 0.15) is 40.4 Å². The standard InChI is InChI=1S/C20H16ClF3O6/c1-28-11-7-13-15(25)9-17(30-19(13)14(21)8-11)12-3-2-10(20(22,23)24)6-16(12)29-5-4-18(26)27/h2-3,6-8,17H,4-5,9H2,1H3,(H,26,27). The molecule has 6 nitrogen and oxygen atoms in total. The Labute approximate surface area is 174 Å². The number of alkyl halides is 3. The van der Waals surface area contributed by atoms with E-state index >= 15 is 0 Å². The molecule has 10 heteroatoms. The van der Waals surface area contributed by atoms with E-state index in [4.69, 9.17) is 30.9 Å². The Hall–Kier alpha value is -2.94. The highest BCUT2D eigenvalue weighted by atomic mass is 35.5. The number of hydrogen-bond acceptors (Lipinski definition) is 5. The van der Waals surface area contributed by atoms with Gasteiger partial charge in [0.1, 0.15) is 23.4 Å². The first-order valence-electron chi connectivity index (χ1n) is 8.73. The first-order chi connectivity index (χ1) is 14.1. The van der Waals surface area contributed by atoms with Crippen molar-refractivity contribution in [1.29, 1.82) is 0 Å². The van der Waals surface area contributed by atoms with Crippen molar-refractivity contribution in [2.75, 3.05) is 13.7 Å². The van der Waals surface area contributed by atoms with Crippen molar-refractivity contribution in [3.63, 3.8) is 0 Å². The number of carbonyl (C=O) groups is 2. The van der Waals surface area contributed by atoms with Crippen molar-refractivity contribution in [1.82, 2.24) is 0 Å². The van der Waals surface area contributed by atoms with E-state index in [-0.39, 0.29) is 46.5 Å². The first-order valence-corrected chi connectivity index (χ1v) is 9.11. The number of ether oxygens (including phenoxy) is 3. The Kier molecular flexibility index (Phi) is 6.12. The number of fused-ring (bicyclic) bond motifs is 1. The quantitative estimate of drug-likeness (QED) is 0.680. The fraction of sp³-hybridized carbons (Fsp3) is 0.300. The lowest BCUT2D eigenvalue weighted by molar-refractivity contribution is -0.139. The Bertz CT molecular complexity index is 989. The molecule has 3 rings (SSSR count). The predicted molar refractivity (Wildman–Crippen MR) is 99.5 cm³/mol. The van der Waals surface area contributed by atoms with Gasteiger partial charge in [0, 0.05) is 11.6 Å². The molecule has 1 heterocycles. The fourth-order valence-electron chi connectivity index (χ4n) is 3.00. The van der Waals surface area contributed by atoms with E-state index in [0.29, 0.717) is 5.75 Å². The van der Waals surface area contributed by atoms with Gasteiger partial charge in [-0.3, -0.25) is 9.59 Å². The zero-order valence-corrected chi connectivity index (χ0v) is 16.3. The molecule has 160 valence electrons. The van der Waals surface area contributed by atoms with Crippen LogP contribution in [-0.2, 0) is 11.0 Å². The van der Waals surface area contributed by atoms with E-state index in [1.54, 1.807) is 0 Å². The molecule has 0 spiro atoms. The predicted octanol–water partition coefficient (Wildman–Crippen LogP) is 4.93. The molecule has 30 heavy (non-hydrogen) atoms. The lowest BCUT2D eigenvalue weighted by Gasteiger charge is -2.28. The summed E-state index contributed by atoms with van der Waals surface area (Å²) in [5.74, 6) is -1.26. The van der Waals surface area contributed by atoms with Gasteiger partial charge in [-0.1, -0.05) is 17.7 Å². The molecule has 0 saturated carbocycles. The number of benzene rings is 2. The maximum Gasteiger partial charge on any atom is 0.416 e. The molecule has 0 aliphatic carbocycles. The van der Waals surface area contributed by atoms with Crippen LogP contribution in [0.4, 0.5) is 13.2 Å². The Morgan fingerprint density at radius 3 is 2.67 bits per heavy atom. The highest BCUT2D eigenvalue weighted by Crippen LogP contribution is 2.44. The lowest BCUT2D eigenvalue weighted by atomic mass is 9.94. The number of ketones is 1. The Morgan fingerprint density at radius 1 is 1.30 bits per heavy atom. The molecule has 2 aromatic rings. The number of carboxylic acids is 1. The van der Waals surface area contributed by atoms with Crippen molar-refractivity contribution in [3.05, 3.63) is 52.0 Å². The average Bonchev–Trinajstić information content (AvgIpc) is 2.67. The summed E-state index contributed by atoms with van der Waals surface area (Å²) in [6.07, 6.45) is -6.16. The molecular formula is C20H16ClF3O6. The minimum absolute atomic E-state index is 0.0927. The molecule has 2 aromatic carbocycles. The average molecular weight is 445 g/mol. The summed E-state index contributed by atoms with van der Waals surface area (Å²) in [7, 11) is 1.41. The van der Waals surface area contributed by atoms with Crippen molar-refractivity contribution in [2.24, 2.45) is 0 Å². The maximum atomic E-state index is 13.1. The third kappa shape index (κ3) is 4.62. The summed E-state index contributed by atoms with van der Waals surface area (Å²) in [6, 6.07) is 5.68. The van der Waals surface area contributed by atoms with Gasteiger partial charge in [0.15, 0.2) is 5.78 Å². The van der Waals surface area contributed by atoms with Crippen molar-refractivity contribution < 1.29 is 42.1 Å². The number of methoxy groups -OCH3 is 1. The first kappa shape index (κ1) is 21.8. The second-order valence-corrected chi connectivity index (χ2v) is 6.87. The summed E-state index contributed by atoms with van der Waals surface area (Å²) < 4.78 is 55.5. The van der Waals surface area contributed by atoms with Gasteiger partial charge in [-0.25, -0.2) is 0 Å². The van der Waals surface area contributed by atoms with Crippen LogP contribution in [0.25, 0.3) is 0 Å². The molecular weight excluding hydrogens is 429 g/mol. The monoisotopic (exact) mass is 444 g/mol. The number of hydrogen-bond donors (Lipinski definition) is 1. The third-order valence-electron chi connectivity index (χ3n) is 4.45. The zero-order valence-electron chi connectivity index (χ0n) is 15.6. The summed E-state index contributed by atoms with van der Waals surface area (Å²) >= 11 is 6.18. The summed E-state index contributed by atoms with van der Waals surface area (Å²) in [5, 5.41) is 8.87. The van der Waals surface area contributed by atoms with E-state index in [9.17, 15) is 22.8 Å². The van der Waals surface area contributed by atoms with Crippen LogP contribution in [0.5, 0.6) is 17.2 Å². The Balaban J connectivity index is 1.98. The second-order valence-electron chi connectivity index (χ2n) is 6.46. The van der Waals surface area contributed by atoms with E-state index in [2.05, 4.69) is 0 Å². The second kappa shape index (κ2) is 8.43. The van der Waals surface area contributed by atoms with E-state index < -0.39 is 30.2 Å². The van der Waals surface area contributed by atoms with Gasteiger partial charge in [-0.15, -0.1) is 0 Å². The van der Waals surface area contributed by atoms with Gasteiger partial charge in [-0.2, -0.15) is 13.2 Å². The lowest BCUT2D eigenvalue weighted by Crippen LogP contribution is -2.22. The molecule has 0 radical (unpaired) electrons. The molecule has 1 aliphatic rings. The SMILES string of the molecule is COc1cc(Cl)c2c(c1)C(=O)CC(c1ccc(C(F)(F)F)cc1OCCC(=O)O)O2. The highest BCUT2D eigenvalue weighted by Gasteiger charge is 2.35. The minimum Gasteiger partial charge on any atom is -0.497 e. The molecule has 0 aromatic heterocycles. The van der Waals surface area contributed by atoms with E-state index in [0.717, 1.165) is 18.2 Å². The Morgan fingerprint density at radius 2 is 2.03 bits per heavy atom. The molecule has 1 atom stereocenters. The smallest absolute Gasteiger partial charge is 0.416 e. The molecule has 0 amide bonds. The number of carbonyl (C=O) groups excluding carboxylic acids is 1. The number of aliphatic carboxylic acids is 1. The van der Waals surface area contributed by atoms with Crippen LogP contribution in [0.3, 0.4) is 0 Å². The van der Waals surface area contributed by atoms with Crippen molar-refractivity contribution >= 4 is 23.4 Å². The number of Topliss-reactive ketones (excluding diaryl/α,β-unsaturated/α-hetero) is 1. The summed E-state index contributed by atoms with van der Waals surface area (Å²) in [5.41, 5.74) is -0.586. The zero-order chi connectivity index (χ0) is 22.1. The van der Waals surface area contributed by atoms with Gasteiger partial charge in [0.2, 0.25) is 0 Å². The summed E-state index contributed by atoms with van der Waals surface area (Å²) in [4.78, 5) is 23.4. The van der Waals surface area contributed by atoms with Gasteiger partial charge in [-0.05, 0) is 18.2 Å². The minimum atomic E-state index is -4.63. The normalized spacial score (nSPS) is 15.9. The van der Waals surface area contributed by atoms with Gasteiger partial charge in [0.05, 0.1) is 42.7 Å². The van der Waals surface area contributed by atoms with Gasteiger partial charge in [0.25, 0.3) is 0 Å². The number of carboxylic acid groups (broad SMARTS) is 1. The molecule has 0 bridgehead atoms. The summed E-state index contributed by atoms with van der Waals surface area (Å²) in [6.45, 7) is -0.348. The topological polar surface area (TPSA) is 82.1 Å². The van der Waals surface area contributed by atoms with Crippen LogP contribution in [-0.4, -0.2) is 30.6 Å².